The number of benzene rings is 1. The molecule has 2 rings (SSSR count). The average Bonchev–Trinajstić information content (AvgIpc) is 2.81. The molecule has 1 atom stereocenters. The maximum atomic E-state index is 5.88. The maximum absolute atomic E-state index is 5.88. The Bertz CT molecular complexity index is 443. The van der Waals surface area contributed by atoms with Crippen molar-refractivity contribution in [2.45, 2.75) is 32.3 Å². The summed E-state index contributed by atoms with van der Waals surface area (Å²) >= 11 is 2.23. The number of rotatable bonds is 6. The average molecular weight is 346 g/mol. The fourth-order valence-electron chi connectivity index (χ4n) is 2.29. The van der Waals surface area contributed by atoms with Crippen LogP contribution >= 0.6 is 0 Å². The quantitative estimate of drug-likeness (QED) is 0.559. The number of hydrogen-bond donors (Lipinski definition) is 0. The summed E-state index contributed by atoms with van der Waals surface area (Å²) in [7, 11) is 0. The van der Waals surface area contributed by atoms with E-state index >= 15 is 0 Å². The van der Waals surface area contributed by atoms with Crippen molar-refractivity contribution in [2.24, 2.45) is 0 Å². The monoisotopic (exact) mass is 345 g/mol. The van der Waals surface area contributed by atoms with Crippen LogP contribution in [0.2, 0.25) is 0 Å². The van der Waals surface area contributed by atoms with Crippen LogP contribution in [-0.2, 0) is 25.2 Å². The van der Waals surface area contributed by atoms with E-state index in [0.29, 0.717) is 0 Å². The number of halogens is 2. The van der Waals surface area contributed by atoms with E-state index in [1.165, 1.54) is 15.0 Å². The topological polar surface area (TPSA) is 9.23 Å². The Kier molecular flexibility index (Phi) is 10.6. The zero-order chi connectivity index (χ0) is 12.8. The molecular formula is C16H19Cl2OTi. The standard InChI is InChI=1S/C16H19O.2ClH.Ti/c1-2-17-16(15-10-4-3-5-11-15)13-12-14-8-6-7-9-14;;;/h3-6,8,10-11,16H,2,7,12-13H2,1H3;2*1H;/q;;;+2/p-2. The summed E-state index contributed by atoms with van der Waals surface area (Å²) in [5, 5.41) is 0. The van der Waals surface area contributed by atoms with Crippen LogP contribution in [0.5, 0.6) is 0 Å². The number of allylic oxidation sites excluding steroid dienone is 4. The molecule has 0 heterocycles. The van der Waals surface area contributed by atoms with E-state index in [-0.39, 0.29) is 30.9 Å². The van der Waals surface area contributed by atoms with Crippen molar-refractivity contribution in [2.75, 3.05) is 6.61 Å². The van der Waals surface area contributed by atoms with Crippen LogP contribution in [-0.4, -0.2) is 6.61 Å². The van der Waals surface area contributed by atoms with Gasteiger partial charge < -0.3 is 24.8 Å². The van der Waals surface area contributed by atoms with Crippen LogP contribution < -0.4 is 24.8 Å². The minimum absolute atomic E-state index is 0. The Balaban J connectivity index is 0.00000180. The smallest absolute Gasteiger partial charge is 1.00 e. The van der Waals surface area contributed by atoms with Gasteiger partial charge in [0.15, 0.2) is 0 Å². The fraction of sp³-hybridized carbons (Fsp3) is 0.375. The molecule has 1 aromatic rings. The molecule has 0 amide bonds. The molecule has 0 saturated heterocycles. The van der Waals surface area contributed by atoms with Gasteiger partial charge in [0.2, 0.25) is 0 Å². The van der Waals surface area contributed by atoms with Crippen LogP contribution in [0.25, 0.3) is 0 Å². The minimum Gasteiger partial charge on any atom is -1.00 e. The molecule has 1 aliphatic rings. The summed E-state index contributed by atoms with van der Waals surface area (Å²) in [4.78, 5) is 0. The van der Waals surface area contributed by atoms with E-state index in [0.717, 1.165) is 25.9 Å². The Morgan fingerprint density at radius 1 is 1.20 bits per heavy atom. The van der Waals surface area contributed by atoms with Gasteiger partial charge in [0.1, 0.15) is 0 Å². The Hall–Kier alpha value is -0.0457. The molecule has 1 nitrogen and oxygen atoms in total. The normalized spacial score (nSPS) is 14.8. The zero-order valence-electron chi connectivity index (χ0n) is 11.6. The molecule has 1 aromatic carbocycles. The van der Waals surface area contributed by atoms with Crippen molar-refractivity contribution in [3.8, 4) is 0 Å². The van der Waals surface area contributed by atoms with E-state index in [9.17, 15) is 0 Å². The second-order valence-corrected chi connectivity index (χ2v) is 5.45. The van der Waals surface area contributed by atoms with Crippen LogP contribution in [0.15, 0.2) is 51.9 Å². The van der Waals surface area contributed by atoms with E-state index < -0.39 is 0 Å². The maximum Gasteiger partial charge on any atom is -1.00 e. The molecule has 4 heteroatoms. The molecule has 0 radical (unpaired) electrons. The van der Waals surface area contributed by atoms with Gasteiger partial charge in [-0.05, 0) is 0 Å². The summed E-state index contributed by atoms with van der Waals surface area (Å²) in [5.41, 5.74) is 2.79. The minimum atomic E-state index is 0. The second-order valence-electron chi connectivity index (χ2n) is 4.50. The van der Waals surface area contributed by atoms with Crippen molar-refractivity contribution in [1.29, 1.82) is 0 Å². The third kappa shape index (κ3) is 5.75. The van der Waals surface area contributed by atoms with Crippen molar-refractivity contribution in [1.82, 2.24) is 0 Å². The van der Waals surface area contributed by atoms with E-state index in [1.807, 2.05) is 0 Å². The first-order valence-electron chi connectivity index (χ1n) is 6.58. The molecule has 0 aliphatic heterocycles. The Labute approximate surface area is 146 Å². The summed E-state index contributed by atoms with van der Waals surface area (Å²) in [6, 6.07) is 10.5. The molecule has 0 fully saturated rings. The van der Waals surface area contributed by atoms with Crippen LogP contribution in [0.3, 0.4) is 0 Å². The number of ether oxygens (including phenoxy) is 1. The van der Waals surface area contributed by atoms with Gasteiger partial charge in [-0.25, -0.2) is 0 Å². The molecule has 0 bridgehead atoms. The molecule has 107 valence electrons. The van der Waals surface area contributed by atoms with Gasteiger partial charge >= 0.3 is 122 Å². The van der Waals surface area contributed by atoms with E-state index in [4.69, 9.17) is 4.74 Å². The summed E-state index contributed by atoms with van der Waals surface area (Å²) in [5.74, 6) is 0. The SMILES string of the molecule is CCOC(CCC1=[C]([Ti+2])CC=C1)c1ccccc1.[Cl-].[Cl-]. The predicted molar refractivity (Wildman–Crippen MR) is 70.8 cm³/mol. The molecule has 0 spiro atoms. The van der Waals surface area contributed by atoms with Gasteiger partial charge in [-0.3, -0.25) is 0 Å². The molecule has 20 heavy (non-hydrogen) atoms. The molecular weight excluding hydrogens is 327 g/mol. The van der Waals surface area contributed by atoms with Crippen LogP contribution in [0.1, 0.15) is 37.9 Å². The van der Waals surface area contributed by atoms with Crippen molar-refractivity contribution in [3.63, 3.8) is 0 Å². The fourth-order valence-corrected chi connectivity index (χ4v) is 2.80. The Morgan fingerprint density at radius 3 is 2.45 bits per heavy atom. The molecule has 1 aliphatic carbocycles. The van der Waals surface area contributed by atoms with Crippen molar-refractivity contribution < 1.29 is 50.0 Å². The van der Waals surface area contributed by atoms with Crippen molar-refractivity contribution in [3.05, 3.63) is 57.5 Å². The first-order chi connectivity index (χ1) is 8.81. The Morgan fingerprint density at radius 2 is 1.90 bits per heavy atom. The third-order valence-electron chi connectivity index (χ3n) is 3.24. The molecule has 0 N–H and O–H groups in total. The summed E-state index contributed by atoms with van der Waals surface area (Å²) < 4.78 is 7.39. The van der Waals surface area contributed by atoms with Crippen LogP contribution in [0.4, 0.5) is 0 Å². The third-order valence-corrected chi connectivity index (χ3v) is 4.06. The van der Waals surface area contributed by atoms with Gasteiger partial charge in [-0.2, -0.15) is 0 Å². The van der Waals surface area contributed by atoms with Gasteiger partial charge in [-0.15, -0.1) is 0 Å². The molecule has 1 unspecified atom stereocenters. The largest absolute Gasteiger partial charge is 1.00 e. The first kappa shape index (κ1) is 20.0. The predicted octanol–water partition coefficient (Wildman–Crippen LogP) is -1.69. The van der Waals surface area contributed by atoms with Gasteiger partial charge in [0.25, 0.3) is 0 Å². The second kappa shape index (κ2) is 10.6. The zero-order valence-corrected chi connectivity index (χ0v) is 14.7. The van der Waals surface area contributed by atoms with Gasteiger partial charge in [-0.1, -0.05) is 0 Å². The van der Waals surface area contributed by atoms with Gasteiger partial charge in [0, 0.05) is 0 Å². The summed E-state index contributed by atoms with van der Waals surface area (Å²) in [6.07, 6.45) is 8.05. The van der Waals surface area contributed by atoms with Crippen LogP contribution in [0, 0.1) is 0 Å². The molecule has 0 saturated carbocycles. The summed E-state index contributed by atoms with van der Waals surface area (Å²) in [6.45, 7) is 2.84. The molecule has 0 aromatic heterocycles. The van der Waals surface area contributed by atoms with E-state index in [1.54, 1.807) is 0 Å². The van der Waals surface area contributed by atoms with Crippen molar-refractivity contribution >= 4 is 0 Å². The van der Waals surface area contributed by atoms with E-state index in [2.05, 4.69) is 69.8 Å². The number of hydrogen-bond acceptors (Lipinski definition) is 1. The first-order valence-corrected chi connectivity index (χ1v) is 7.36. The van der Waals surface area contributed by atoms with Gasteiger partial charge in [0.05, 0.1) is 0 Å².